The lowest BCUT2D eigenvalue weighted by Crippen LogP contribution is -2.39. The summed E-state index contributed by atoms with van der Waals surface area (Å²) < 4.78 is 0. The Morgan fingerprint density at radius 1 is 1.58 bits per heavy atom. The maximum absolute atomic E-state index is 9.79. The summed E-state index contributed by atoms with van der Waals surface area (Å²) in [5.74, 6) is 0. The van der Waals surface area contributed by atoms with Gasteiger partial charge >= 0.3 is 0 Å². The Bertz CT molecular complexity index is 182. The molecule has 0 saturated heterocycles. The van der Waals surface area contributed by atoms with E-state index in [0.29, 0.717) is 12.8 Å². The molecule has 1 aliphatic rings. The SMILES string of the molecule is C/C1=C/CCC(O)C(C)(O)CC1. The molecule has 0 saturated carbocycles. The van der Waals surface area contributed by atoms with E-state index in [9.17, 15) is 10.2 Å². The van der Waals surface area contributed by atoms with Gasteiger partial charge in [0.2, 0.25) is 0 Å². The van der Waals surface area contributed by atoms with Crippen molar-refractivity contribution in [3.63, 3.8) is 0 Å². The van der Waals surface area contributed by atoms with E-state index < -0.39 is 11.7 Å². The van der Waals surface area contributed by atoms with Gasteiger partial charge < -0.3 is 10.2 Å². The molecule has 2 N–H and O–H groups in total. The molecule has 1 rings (SSSR count). The summed E-state index contributed by atoms with van der Waals surface area (Å²) in [6.45, 7) is 3.80. The van der Waals surface area contributed by atoms with Crippen molar-refractivity contribution in [2.24, 2.45) is 0 Å². The number of hydrogen-bond acceptors (Lipinski definition) is 2. The zero-order chi connectivity index (χ0) is 9.19. The van der Waals surface area contributed by atoms with Gasteiger partial charge in [0.15, 0.2) is 0 Å². The van der Waals surface area contributed by atoms with Gasteiger partial charge in [0.05, 0.1) is 11.7 Å². The number of aliphatic hydroxyl groups excluding tert-OH is 1. The predicted octanol–water partition coefficient (Wildman–Crippen LogP) is 1.62. The Morgan fingerprint density at radius 2 is 2.25 bits per heavy atom. The van der Waals surface area contributed by atoms with Crippen LogP contribution in [0.15, 0.2) is 11.6 Å². The van der Waals surface area contributed by atoms with Crippen LogP contribution in [0.4, 0.5) is 0 Å². The molecule has 1 aliphatic carbocycles. The molecule has 2 heteroatoms. The normalized spacial score (nSPS) is 42.7. The lowest BCUT2D eigenvalue weighted by molar-refractivity contribution is -0.0703. The summed E-state index contributed by atoms with van der Waals surface area (Å²) in [6, 6.07) is 0. The molecule has 12 heavy (non-hydrogen) atoms. The van der Waals surface area contributed by atoms with Crippen LogP contribution in [0, 0.1) is 0 Å². The van der Waals surface area contributed by atoms with E-state index in [4.69, 9.17) is 0 Å². The molecule has 0 radical (unpaired) electrons. The maximum atomic E-state index is 9.79. The lowest BCUT2D eigenvalue weighted by atomic mass is 9.86. The Morgan fingerprint density at radius 3 is 2.92 bits per heavy atom. The fourth-order valence-electron chi connectivity index (χ4n) is 1.52. The van der Waals surface area contributed by atoms with Crippen LogP contribution in [0.2, 0.25) is 0 Å². The average Bonchev–Trinajstić information content (AvgIpc) is 1.99. The number of aliphatic hydroxyl groups is 2. The van der Waals surface area contributed by atoms with E-state index in [-0.39, 0.29) is 0 Å². The summed E-state index contributed by atoms with van der Waals surface area (Å²) >= 11 is 0. The monoisotopic (exact) mass is 170 g/mol. The van der Waals surface area contributed by atoms with Gasteiger partial charge in [-0.25, -0.2) is 0 Å². The minimum atomic E-state index is -0.893. The molecule has 0 aromatic heterocycles. The van der Waals surface area contributed by atoms with Crippen molar-refractivity contribution in [3.8, 4) is 0 Å². The van der Waals surface area contributed by atoms with Crippen molar-refractivity contribution < 1.29 is 10.2 Å². The highest BCUT2D eigenvalue weighted by Gasteiger charge is 2.30. The van der Waals surface area contributed by atoms with E-state index >= 15 is 0 Å². The lowest BCUT2D eigenvalue weighted by Gasteiger charge is -2.30. The summed E-state index contributed by atoms with van der Waals surface area (Å²) in [5.41, 5.74) is 0.428. The summed E-state index contributed by atoms with van der Waals surface area (Å²) in [7, 11) is 0. The molecule has 0 fully saturated rings. The highest BCUT2D eigenvalue weighted by Crippen LogP contribution is 2.25. The van der Waals surface area contributed by atoms with Gasteiger partial charge in [-0.15, -0.1) is 0 Å². The van der Waals surface area contributed by atoms with Crippen molar-refractivity contribution in [1.82, 2.24) is 0 Å². The Balaban J connectivity index is 2.65. The molecule has 2 nitrogen and oxygen atoms in total. The fourth-order valence-corrected chi connectivity index (χ4v) is 1.52. The topological polar surface area (TPSA) is 40.5 Å². The van der Waals surface area contributed by atoms with E-state index in [1.807, 2.05) is 0 Å². The van der Waals surface area contributed by atoms with Gasteiger partial charge in [0.25, 0.3) is 0 Å². The fraction of sp³-hybridized carbons (Fsp3) is 0.800. The molecule has 0 aliphatic heterocycles. The van der Waals surface area contributed by atoms with Crippen molar-refractivity contribution in [1.29, 1.82) is 0 Å². The zero-order valence-electron chi connectivity index (χ0n) is 7.88. The van der Waals surface area contributed by atoms with Crippen molar-refractivity contribution >= 4 is 0 Å². The first-order valence-electron chi connectivity index (χ1n) is 4.58. The van der Waals surface area contributed by atoms with Gasteiger partial charge in [-0.2, -0.15) is 0 Å². The first kappa shape index (κ1) is 9.75. The first-order chi connectivity index (χ1) is 5.52. The molecular formula is C10H18O2. The Labute approximate surface area is 73.9 Å². The van der Waals surface area contributed by atoms with Crippen molar-refractivity contribution in [3.05, 3.63) is 11.6 Å². The Kier molecular flexibility index (Phi) is 2.91. The van der Waals surface area contributed by atoms with Gasteiger partial charge in [0, 0.05) is 0 Å². The maximum Gasteiger partial charge on any atom is 0.0880 e. The summed E-state index contributed by atoms with van der Waals surface area (Å²) in [6.07, 6.45) is 4.69. The molecule has 2 unspecified atom stereocenters. The van der Waals surface area contributed by atoms with Gasteiger partial charge in [-0.3, -0.25) is 0 Å². The minimum Gasteiger partial charge on any atom is -0.390 e. The largest absolute Gasteiger partial charge is 0.390 e. The molecule has 0 amide bonds. The minimum absolute atomic E-state index is 0.568. The molecule has 0 spiro atoms. The first-order valence-corrected chi connectivity index (χ1v) is 4.58. The molecule has 70 valence electrons. The number of rotatable bonds is 0. The summed E-state index contributed by atoms with van der Waals surface area (Å²) in [5, 5.41) is 19.3. The second-order valence-electron chi connectivity index (χ2n) is 4.00. The van der Waals surface area contributed by atoms with E-state index in [0.717, 1.165) is 12.8 Å². The predicted molar refractivity (Wildman–Crippen MR) is 48.9 cm³/mol. The van der Waals surface area contributed by atoms with E-state index in [2.05, 4.69) is 13.0 Å². The third kappa shape index (κ3) is 2.32. The van der Waals surface area contributed by atoms with Crippen LogP contribution in [-0.4, -0.2) is 21.9 Å². The van der Waals surface area contributed by atoms with Crippen molar-refractivity contribution in [2.45, 2.75) is 51.2 Å². The molecule has 0 heterocycles. The molecule has 0 bridgehead atoms. The van der Waals surface area contributed by atoms with Crippen LogP contribution in [0.1, 0.15) is 39.5 Å². The van der Waals surface area contributed by atoms with E-state index in [1.165, 1.54) is 5.57 Å². The second kappa shape index (κ2) is 3.58. The van der Waals surface area contributed by atoms with Crippen molar-refractivity contribution in [2.75, 3.05) is 0 Å². The number of allylic oxidation sites excluding steroid dienone is 2. The second-order valence-corrected chi connectivity index (χ2v) is 4.00. The van der Waals surface area contributed by atoms with Crippen LogP contribution < -0.4 is 0 Å². The van der Waals surface area contributed by atoms with Crippen LogP contribution in [-0.2, 0) is 0 Å². The van der Waals surface area contributed by atoms with Gasteiger partial charge in [-0.1, -0.05) is 11.6 Å². The highest BCUT2D eigenvalue weighted by molar-refractivity contribution is 5.02. The zero-order valence-corrected chi connectivity index (χ0v) is 7.88. The third-order valence-electron chi connectivity index (χ3n) is 2.68. The standard InChI is InChI=1S/C10H18O2/c1-8-4-3-5-9(11)10(2,12)7-6-8/h4,9,11-12H,3,5-7H2,1-2H3/b8-4-. The third-order valence-corrected chi connectivity index (χ3v) is 2.68. The molecule has 2 atom stereocenters. The van der Waals surface area contributed by atoms with Crippen LogP contribution in [0.5, 0.6) is 0 Å². The summed E-state index contributed by atoms with van der Waals surface area (Å²) in [4.78, 5) is 0. The van der Waals surface area contributed by atoms with Gasteiger partial charge in [0.1, 0.15) is 0 Å². The molecule has 0 aromatic carbocycles. The van der Waals surface area contributed by atoms with Crippen LogP contribution in [0.25, 0.3) is 0 Å². The molecular weight excluding hydrogens is 152 g/mol. The quantitative estimate of drug-likeness (QED) is 0.542. The Hall–Kier alpha value is -0.340. The smallest absolute Gasteiger partial charge is 0.0880 e. The van der Waals surface area contributed by atoms with Crippen LogP contribution >= 0.6 is 0 Å². The van der Waals surface area contributed by atoms with E-state index in [1.54, 1.807) is 6.92 Å². The average molecular weight is 170 g/mol. The van der Waals surface area contributed by atoms with Crippen LogP contribution in [0.3, 0.4) is 0 Å². The highest BCUT2D eigenvalue weighted by atomic mass is 16.3. The number of hydrogen-bond donors (Lipinski definition) is 2. The molecule has 0 aromatic rings. The van der Waals surface area contributed by atoms with Gasteiger partial charge in [-0.05, 0) is 39.5 Å².